The van der Waals surface area contributed by atoms with Gasteiger partial charge in [0.05, 0.1) is 11.4 Å². The summed E-state index contributed by atoms with van der Waals surface area (Å²) < 4.78 is 0. The first kappa shape index (κ1) is 14.2. The summed E-state index contributed by atoms with van der Waals surface area (Å²) in [6, 6.07) is 0.385. The zero-order valence-electron chi connectivity index (χ0n) is 11.2. The quantitative estimate of drug-likeness (QED) is 0.777. The highest BCUT2D eigenvalue weighted by molar-refractivity contribution is 6.31. The Balaban J connectivity index is 2.58. The van der Waals surface area contributed by atoms with Crippen molar-refractivity contribution in [1.29, 1.82) is 0 Å². The van der Waals surface area contributed by atoms with Crippen molar-refractivity contribution in [3.05, 3.63) is 16.5 Å². The topological polar surface area (TPSA) is 37.8 Å². The molecule has 0 aliphatic heterocycles. The number of anilines is 1. The summed E-state index contributed by atoms with van der Waals surface area (Å²) in [6.07, 6.45) is 4.90. The van der Waals surface area contributed by atoms with Gasteiger partial charge in [-0.3, -0.25) is 0 Å². The van der Waals surface area contributed by atoms with E-state index >= 15 is 0 Å². The fourth-order valence-electron chi connectivity index (χ4n) is 1.67. The molecule has 0 amide bonds. The van der Waals surface area contributed by atoms with Crippen molar-refractivity contribution >= 4 is 17.4 Å². The van der Waals surface area contributed by atoms with Crippen LogP contribution in [0.3, 0.4) is 0 Å². The number of aryl methyl sites for hydroxylation is 2. The molecule has 1 aromatic rings. The van der Waals surface area contributed by atoms with Gasteiger partial charge < -0.3 is 5.32 Å². The lowest BCUT2D eigenvalue weighted by atomic mass is 10.1. The zero-order valence-corrected chi connectivity index (χ0v) is 11.9. The molecule has 0 aliphatic rings. The van der Waals surface area contributed by atoms with Crippen molar-refractivity contribution < 1.29 is 0 Å². The first-order valence-electron chi connectivity index (χ1n) is 6.31. The Bertz CT molecular complexity index is 366. The Morgan fingerprint density at radius 1 is 1.18 bits per heavy atom. The summed E-state index contributed by atoms with van der Waals surface area (Å²) in [5, 5.41) is 3.80. The summed E-state index contributed by atoms with van der Waals surface area (Å²) in [7, 11) is 0. The van der Waals surface area contributed by atoms with Crippen LogP contribution < -0.4 is 5.32 Å². The van der Waals surface area contributed by atoms with Gasteiger partial charge in [0.1, 0.15) is 0 Å². The predicted octanol–water partition coefficient (Wildman–Crippen LogP) is 4.13. The Kier molecular flexibility index (Phi) is 5.69. The van der Waals surface area contributed by atoms with Crippen molar-refractivity contribution in [2.75, 3.05) is 5.32 Å². The fourth-order valence-corrected chi connectivity index (χ4v) is 1.90. The number of nitrogens with one attached hydrogen (secondary N) is 1. The van der Waals surface area contributed by atoms with Crippen LogP contribution in [0.25, 0.3) is 0 Å². The van der Waals surface area contributed by atoms with E-state index in [4.69, 9.17) is 11.6 Å². The smallest absolute Gasteiger partial charge is 0.171 e. The lowest BCUT2D eigenvalue weighted by molar-refractivity contribution is 0.613. The van der Waals surface area contributed by atoms with Gasteiger partial charge in [0.25, 0.3) is 0 Å². The van der Waals surface area contributed by atoms with E-state index in [2.05, 4.69) is 29.1 Å². The molecule has 0 aliphatic carbocycles. The maximum atomic E-state index is 6.07. The largest absolute Gasteiger partial charge is 0.365 e. The highest BCUT2D eigenvalue weighted by atomic mass is 35.5. The molecule has 1 unspecified atom stereocenters. The molecular weight excluding hydrogens is 234 g/mol. The van der Waals surface area contributed by atoms with Crippen molar-refractivity contribution in [1.82, 2.24) is 9.97 Å². The molecule has 96 valence electrons. The normalized spacial score (nSPS) is 12.5. The lowest BCUT2D eigenvalue weighted by Gasteiger charge is -2.15. The Morgan fingerprint density at radius 2 is 1.82 bits per heavy atom. The van der Waals surface area contributed by atoms with E-state index in [-0.39, 0.29) is 0 Å². The minimum absolute atomic E-state index is 0.385. The van der Waals surface area contributed by atoms with Gasteiger partial charge in [-0.2, -0.15) is 0 Å². The van der Waals surface area contributed by atoms with E-state index < -0.39 is 0 Å². The van der Waals surface area contributed by atoms with Crippen molar-refractivity contribution in [2.45, 2.75) is 59.4 Å². The van der Waals surface area contributed by atoms with Gasteiger partial charge in [0.2, 0.25) is 0 Å². The van der Waals surface area contributed by atoms with Crippen LogP contribution in [-0.2, 0) is 0 Å². The highest BCUT2D eigenvalue weighted by Gasteiger charge is 2.09. The number of halogens is 1. The van der Waals surface area contributed by atoms with Gasteiger partial charge >= 0.3 is 0 Å². The van der Waals surface area contributed by atoms with Gasteiger partial charge in [-0.15, -0.1) is 0 Å². The van der Waals surface area contributed by atoms with Crippen LogP contribution >= 0.6 is 11.6 Å². The van der Waals surface area contributed by atoms with Crippen LogP contribution in [0.5, 0.6) is 0 Å². The van der Waals surface area contributed by atoms with Crippen LogP contribution in [0.2, 0.25) is 5.15 Å². The predicted molar refractivity (Wildman–Crippen MR) is 73.7 cm³/mol. The standard InChI is InChI=1S/C13H22ClN3/c1-5-6-7-8-9(2)15-13-12(14)16-10(3)11(4)17-13/h9H,5-8H2,1-4H3,(H,15,17). The highest BCUT2D eigenvalue weighted by Crippen LogP contribution is 2.20. The van der Waals surface area contributed by atoms with Crippen molar-refractivity contribution in [2.24, 2.45) is 0 Å². The molecule has 1 aromatic heterocycles. The third-order valence-corrected chi connectivity index (χ3v) is 3.15. The molecule has 0 saturated heterocycles. The van der Waals surface area contributed by atoms with Gasteiger partial charge in [0.15, 0.2) is 11.0 Å². The average molecular weight is 256 g/mol. The monoisotopic (exact) mass is 255 g/mol. The maximum absolute atomic E-state index is 6.07. The summed E-state index contributed by atoms with van der Waals surface area (Å²) in [6.45, 7) is 8.24. The van der Waals surface area contributed by atoms with Gasteiger partial charge in [-0.1, -0.05) is 37.8 Å². The number of hydrogen-bond acceptors (Lipinski definition) is 3. The second kappa shape index (κ2) is 6.80. The molecule has 1 rings (SSSR count). The van der Waals surface area contributed by atoms with E-state index in [1.54, 1.807) is 0 Å². The van der Waals surface area contributed by atoms with Crippen LogP contribution in [0, 0.1) is 13.8 Å². The maximum Gasteiger partial charge on any atom is 0.171 e. The Morgan fingerprint density at radius 3 is 2.47 bits per heavy atom. The van der Waals surface area contributed by atoms with E-state index in [0.29, 0.717) is 17.0 Å². The van der Waals surface area contributed by atoms with Gasteiger partial charge in [-0.05, 0) is 27.2 Å². The first-order valence-corrected chi connectivity index (χ1v) is 6.69. The van der Waals surface area contributed by atoms with E-state index in [0.717, 1.165) is 17.8 Å². The number of aromatic nitrogens is 2. The Hall–Kier alpha value is -0.830. The number of nitrogens with zero attached hydrogens (tertiary/aromatic N) is 2. The molecule has 3 nitrogen and oxygen atoms in total. The average Bonchev–Trinajstić information content (AvgIpc) is 2.26. The molecular formula is C13H22ClN3. The zero-order chi connectivity index (χ0) is 12.8. The third kappa shape index (κ3) is 4.50. The number of rotatable bonds is 6. The van der Waals surface area contributed by atoms with Crippen LogP contribution in [-0.4, -0.2) is 16.0 Å². The first-order chi connectivity index (χ1) is 8.04. The third-order valence-electron chi connectivity index (χ3n) is 2.89. The lowest BCUT2D eigenvalue weighted by Crippen LogP contribution is -2.17. The minimum atomic E-state index is 0.385. The second-order valence-electron chi connectivity index (χ2n) is 4.58. The molecule has 0 fully saturated rings. The number of unbranched alkanes of at least 4 members (excludes halogenated alkanes) is 2. The molecule has 0 bridgehead atoms. The van der Waals surface area contributed by atoms with E-state index in [1.165, 1.54) is 19.3 Å². The SMILES string of the molecule is CCCCCC(C)Nc1nc(C)c(C)nc1Cl. The van der Waals surface area contributed by atoms with Crippen molar-refractivity contribution in [3.8, 4) is 0 Å². The Labute approximate surface area is 109 Å². The van der Waals surface area contributed by atoms with E-state index in [1.807, 2.05) is 13.8 Å². The minimum Gasteiger partial charge on any atom is -0.365 e. The molecule has 1 atom stereocenters. The number of hydrogen-bond donors (Lipinski definition) is 1. The summed E-state index contributed by atoms with van der Waals surface area (Å²) in [4.78, 5) is 8.70. The van der Waals surface area contributed by atoms with Crippen molar-refractivity contribution in [3.63, 3.8) is 0 Å². The van der Waals surface area contributed by atoms with Crippen LogP contribution in [0.15, 0.2) is 0 Å². The van der Waals surface area contributed by atoms with Gasteiger partial charge in [0, 0.05) is 6.04 Å². The summed E-state index contributed by atoms with van der Waals surface area (Å²) in [5.41, 5.74) is 1.82. The fraction of sp³-hybridized carbons (Fsp3) is 0.692. The summed E-state index contributed by atoms with van der Waals surface area (Å²) >= 11 is 6.07. The summed E-state index contributed by atoms with van der Waals surface area (Å²) in [5.74, 6) is 0.707. The van der Waals surface area contributed by atoms with Gasteiger partial charge in [-0.25, -0.2) is 9.97 Å². The molecule has 1 N–H and O–H groups in total. The molecule has 0 aromatic carbocycles. The molecule has 4 heteroatoms. The molecule has 0 radical (unpaired) electrons. The van der Waals surface area contributed by atoms with E-state index in [9.17, 15) is 0 Å². The molecule has 17 heavy (non-hydrogen) atoms. The van der Waals surface area contributed by atoms with Crippen LogP contribution in [0.1, 0.15) is 50.9 Å². The molecule has 0 spiro atoms. The second-order valence-corrected chi connectivity index (χ2v) is 4.93. The molecule has 0 saturated carbocycles. The van der Waals surface area contributed by atoms with Crippen LogP contribution in [0.4, 0.5) is 5.82 Å². The molecule has 1 heterocycles.